The molecule has 0 amide bonds. The molecule has 1 atom stereocenters. The number of aliphatic hydroxyl groups excluding tert-OH is 1. The van der Waals surface area contributed by atoms with Crippen LogP contribution >= 0.6 is 0 Å². The number of benzene rings is 1. The van der Waals surface area contributed by atoms with Gasteiger partial charge < -0.3 is 5.11 Å². The van der Waals surface area contributed by atoms with Crippen LogP contribution in [0.2, 0.25) is 0 Å². The quantitative estimate of drug-likeness (QED) is 0.754. The van der Waals surface area contributed by atoms with E-state index in [0.29, 0.717) is 13.0 Å². The summed E-state index contributed by atoms with van der Waals surface area (Å²) in [7, 11) is -2.02. The maximum absolute atomic E-state index is 11.8. The van der Waals surface area contributed by atoms with E-state index in [1.165, 1.54) is 11.4 Å². The van der Waals surface area contributed by atoms with Crippen molar-refractivity contribution in [2.24, 2.45) is 0 Å². The van der Waals surface area contributed by atoms with Crippen molar-refractivity contribution in [3.8, 4) is 0 Å². The van der Waals surface area contributed by atoms with Crippen molar-refractivity contribution in [3.63, 3.8) is 0 Å². The largest absolute Gasteiger partial charge is 0.395 e. The zero-order valence-electron chi connectivity index (χ0n) is 10.7. The Labute approximate surface area is 109 Å². The zero-order valence-corrected chi connectivity index (χ0v) is 11.5. The van der Waals surface area contributed by atoms with E-state index in [1.807, 2.05) is 30.3 Å². The Kier molecular flexibility index (Phi) is 5.74. The predicted molar refractivity (Wildman–Crippen MR) is 71.4 cm³/mol. The summed E-state index contributed by atoms with van der Waals surface area (Å²) < 4.78 is 27.3. The minimum Gasteiger partial charge on any atom is -0.395 e. The maximum atomic E-state index is 11.8. The molecule has 0 bridgehead atoms. The van der Waals surface area contributed by atoms with Gasteiger partial charge in [0.15, 0.2) is 0 Å². The van der Waals surface area contributed by atoms with Crippen LogP contribution in [0.4, 0.5) is 0 Å². The van der Waals surface area contributed by atoms with Gasteiger partial charge in [-0.3, -0.25) is 0 Å². The Balaban J connectivity index is 2.69. The first-order chi connectivity index (χ1) is 8.49. The summed E-state index contributed by atoms with van der Waals surface area (Å²) in [6.45, 7) is 1.91. The molecule has 0 heterocycles. The zero-order chi connectivity index (χ0) is 13.6. The normalized spacial score (nSPS) is 13.8. The highest BCUT2D eigenvalue weighted by Gasteiger charge is 2.20. The van der Waals surface area contributed by atoms with Crippen LogP contribution < -0.4 is 4.72 Å². The van der Waals surface area contributed by atoms with Crippen LogP contribution in [0.1, 0.15) is 12.5 Å². The summed E-state index contributed by atoms with van der Waals surface area (Å²) >= 11 is 0. The second-order valence-electron chi connectivity index (χ2n) is 4.11. The van der Waals surface area contributed by atoms with Gasteiger partial charge in [0.2, 0.25) is 0 Å². The van der Waals surface area contributed by atoms with Crippen molar-refractivity contribution < 1.29 is 13.5 Å². The third kappa shape index (κ3) is 4.38. The summed E-state index contributed by atoms with van der Waals surface area (Å²) in [6.07, 6.45) is 0.466. The molecule has 0 saturated carbocycles. The molecule has 0 radical (unpaired) electrons. The van der Waals surface area contributed by atoms with E-state index in [2.05, 4.69) is 4.72 Å². The number of hydrogen-bond donors (Lipinski definition) is 2. The minimum atomic E-state index is -3.52. The van der Waals surface area contributed by atoms with E-state index in [0.717, 1.165) is 5.56 Å². The fourth-order valence-electron chi connectivity index (χ4n) is 1.51. The molecule has 1 aromatic rings. The number of nitrogens with zero attached hydrogens (tertiary/aromatic N) is 1. The predicted octanol–water partition coefficient (Wildman–Crippen LogP) is 0.376. The van der Waals surface area contributed by atoms with Gasteiger partial charge in [0.1, 0.15) is 0 Å². The number of hydrogen-bond acceptors (Lipinski definition) is 3. The van der Waals surface area contributed by atoms with Gasteiger partial charge in [0.05, 0.1) is 12.6 Å². The fraction of sp³-hybridized carbons (Fsp3) is 0.500. The smallest absolute Gasteiger partial charge is 0.279 e. The van der Waals surface area contributed by atoms with Crippen LogP contribution in [0.25, 0.3) is 0 Å². The van der Waals surface area contributed by atoms with Crippen LogP contribution in [0.3, 0.4) is 0 Å². The lowest BCUT2D eigenvalue weighted by Crippen LogP contribution is -2.46. The molecule has 0 aliphatic heterocycles. The Hall–Kier alpha value is -0.950. The van der Waals surface area contributed by atoms with Crippen LogP contribution in [-0.2, 0) is 16.6 Å². The van der Waals surface area contributed by atoms with Crippen LogP contribution in [0.5, 0.6) is 0 Å². The standard InChI is InChI=1S/C12H20N2O3S/c1-3-14(2)18(16,17)13-12(10-15)9-11-7-5-4-6-8-11/h4-8,12-13,15H,3,9-10H2,1-2H3/t12-/m1/s1. The molecule has 0 aliphatic rings. The van der Waals surface area contributed by atoms with E-state index in [9.17, 15) is 13.5 Å². The van der Waals surface area contributed by atoms with Crippen molar-refractivity contribution in [2.45, 2.75) is 19.4 Å². The molecular formula is C12H20N2O3S. The Morgan fingerprint density at radius 3 is 2.44 bits per heavy atom. The number of aliphatic hydroxyl groups is 1. The molecule has 1 aromatic carbocycles. The lowest BCUT2D eigenvalue weighted by molar-refractivity contribution is 0.254. The third-order valence-electron chi connectivity index (χ3n) is 2.72. The van der Waals surface area contributed by atoms with Gasteiger partial charge >= 0.3 is 0 Å². The van der Waals surface area contributed by atoms with E-state index in [4.69, 9.17) is 0 Å². The average Bonchev–Trinajstić information content (AvgIpc) is 2.37. The van der Waals surface area contributed by atoms with Crippen molar-refractivity contribution in [2.75, 3.05) is 20.2 Å². The molecule has 5 nitrogen and oxygen atoms in total. The highest BCUT2D eigenvalue weighted by molar-refractivity contribution is 7.87. The van der Waals surface area contributed by atoms with Gasteiger partial charge in [-0.25, -0.2) is 0 Å². The molecule has 0 saturated heterocycles. The summed E-state index contributed by atoms with van der Waals surface area (Å²) in [5.41, 5.74) is 0.985. The molecule has 0 aliphatic carbocycles. The highest BCUT2D eigenvalue weighted by atomic mass is 32.2. The van der Waals surface area contributed by atoms with Gasteiger partial charge in [-0.1, -0.05) is 37.3 Å². The lowest BCUT2D eigenvalue weighted by Gasteiger charge is -2.21. The van der Waals surface area contributed by atoms with Crippen molar-refractivity contribution in [1.29, 1.82) is 0 Å². The fourth-order valence-corrected chi connectivity index (χ4v) is 2.61. The molecule has 6 heteroatoms. The molecular weight excluding hydrogens is 252 g/mol. The van der Waals surface area contributed by atoms with E-state index >= 15 is 0 Å². The van der Waals surface area contributed by atoms with Gasteiger partial charge in [0.25, 0.3) is 10.2 Å². The van der Waals surface area contributed by atoms with Crippen LogP contribution in [-0.4, -0.2) is 44.1 Å². The second kappa shape index (κ2) is 6.84. The Bertz CT molecular complexity index is 448. The first-order valence-corrected chi connectivity index (χ1v) is 7.32. The van der Waals surface area contributed by atoms with Gasteiger partial charge in [-0.05, 0) is 12.0 Å². The Morgan fingerprint density at radius 1 is 1.33 bits per heavy atom. The van der Waals surface area contributed by atoms with Gasteiger partial charge in [-0.2, -0.15) is 17.4 Å². The average molecular weight is 272 g/mol. The maximum Gasteiger partial charge on any atom is 0.279 e. The first kappa shape index (κ1) is 15.1. The van der Waals surface area contributed by atoms with E-state index < -0.39 is 16.3 Å². The SMILES string of the molecule is CCN(C)S(=O)(=O)N[C@@H](CO)Cc1ccccc1. The molecule has 0 spiro atoms. The summed E-state index contributed by atoms with van der Waals surface area (Å²) in [4.78, 5) is 0. The van der Waals surface area contributed by atoms with Gasteiger partial charge in [-0.15, -0.1) is 0 Å². The van der Waals surface area contributed by atoms with Gasteiger partial charge in [0, 0.05) is 13.6 Å². The lowest BCUT2D eigenvalue weighted by atomic mass is 10.1. The third-order valence-corrected chi connectivity index (χ3v) is 4.43. The number of rotatable bonds is 7. The number of nitrogens with one attached hydrogen (secondary N) is 1. The molecule has 2 N–H and O–H groups in total. The second-order valence-corrected chi connectivity index (χ2v) is 5.92. The van der Waals surface area contributed by atoms with Crippen LogP contribution in [0.15, 0.2) is 30.3 Å². The van der Waals surface area contributed by atoms with Crippen molar-refractivity contribution in [3.05, 3.63) is 35.9 Å². The topological polar surface area (TPSA) is 69.6 Å². The molecule has 0 unspecified atom stereocenters. The monoisotopic (exact) mass is 272 g/mol. The van der Waals surface area contributed by atoms with Crippen LogP contribution in [0, 0.1) is 0 Å². The van der Waals surface area contributed by atoms with E-state index in [1.54, 1.807) is 6.92 Å². The molecule has 0 aromatic heterocycles. The summed E-state index contributed by atoms with van der Waals surface area (Å²) in [5, 5.41) is 9.26. The molecule has 18 heavy (non-hydrogen) atoms. The van der Waals surface area contributed by atoms with E-state index in [-0.39, 0.29) is 6.61 Å². The van der Waals surface area contributed by atoms with Crippen molar-refractivity contribution in [1.82, 2.24) is 9.03 Å². The highest BCUT2D eigenvalue weighted by Crippen LogP contribution is 2.05. The summed E-state index contributed by atoms with van der Waals surface area (Å²) in [6, 6.07) is 8.96. The molecule has 1 rings (SSSR count). The summed E-state index contributed by atoms with van der Waals surface area (Å²) in [5.74, 6) is 0. The molecule has 0 fully saturated rings. The first-order valence-electron chi connectivity index (χ1n) is 5.88. The Morgan fingerprint density at radius 2 is 1.94 bits per heavy atom. The van der Waals surface area contributed by atoms with Crippen molar-refractivity contribution >= 4 is 10.2 Å². The molecule has 102 valence electrons. The minimum absolute atomic E-state index is 0.230.